The van der Waals surface area contributed by atoms with Gasteiger partial charge in [-0.15, -0.1) is 0 Å². The summed E-state index contributed by atoms with van der Waals surface area (Å²) in [5.74, 6) is 0. The predicted octanol–water partition coefficient (Wildman–Crippen LogP) is 0.683. The SMILES string of the molecule is C[SiH]=C(C)C. The van der Waals surface area contributed by atoms with Crippen LogP contribution in [0, 0.1) is 0 Å². The number of hydrogen-bond acceptors (Lipinski definition) is 0. The van der Waals surface area contributed by atoms with Gasteiger partial charge in [0.2, 0.25) is 0 Å². The highest BCUT2D eigenvalue weighted by molar-refractivity contribution is 6.51. The highest BCUT2D eigenvalue weighted by Crippen LogP contribution is 1.56. The Morgan fingerprint density at radius 1 is 1.40 bits per heavy atom. The molecule has 0 aliphatic rings. The van der Waals surface area contributed by atoms with E-state index in [0.29, 0.717) is 9.13 Å². The first-order valence-corrected chi connectivity index (χ1v) is 3.60. The van der Waals surface area contributed by atoms with E-state index in [2.05, 4.69) is 20.4 Å². The van der Waals surface area contributed by atoms with Crippen molar-refractivity contribution in [3.8, 4) is 0 Å². The second-order valence-electron chi connectivity index (χ2n) is 1.37. The van der Waals surface area contributed by atoms with Crippen molar-refractivity contribution in [1.82, 2.24) is 0 Å². The Kier molecular flexibility index (Phi) is 2.37. The fraction of sp³-hybridized carbons (Fsp3) is 0.750. The van der Waals surface area contributed by atoms with E-state index >= 15 is 0 Å². The summed E-state index contributed by atoms with van der Waals surface area (Å²) in [7, 11) is 0.648. The Hall–Kier alpha value is 0.0869. The lowest BCUT2D eigenvalue weighted by molar-refractivity contribution is 1.84. The summed E-state index contributed by atoms with van der Waals surface area (Å²) in [6, 6.07) is 0. The standard InChI is InChI=1S/C4H10Si/c1-4(2)5-3/h5H,1-3H3. The summed E-state index contributed by atoms with van der Waals surface area (Å²) in [4.78, 5) is 0. The second-order valence-corrected chi connectivity index (χ2v) is 3.10. The van der Waals surface area contributed by atoms with E-state index in [4.69, 9.17) is 0 Å². The third-order valence-corrected chi connectivity index (χ3v) is 1.73. The molecule has 30 valence electrons. The highest BCUT2D eigenvalue weighted by atomic mass is 28.2. The smallest absolute Gasteiger partial charge is 0.0118 e. The molecule has 0 saturated heterocycles. The first-order chi connectivity index (χ1) is 2.27. The van der Waals surface area contributed by atoms with Crippen molar-refractivity contribution in [1.29, 1.82) is 0 Å². The van der Waals surface area contributed by atoms with E-state index in [0.717, 1.165) is 0 Å². The Bertz CT molecular complexity index is 41.6. The van der Waals surface area contributed by atoms with Crippen LogP contribution in [-0.4, -0.2) is 14.3 Å². The van der Waals surface area contributed by atoms with Gasteiger partial charge in [-0.1, -0.05) is 11.7 Å². The van der Waals surface area contributed by atoms with Crippen molar-refractivity contribution in [2.24, 2.45) is 0 Å². The Balaban J connectivity index is 3.14. The maximum Gasteiger partial charge on any atom is -0.0118 e. The van der Waals surface area contributed by atoms with Gasteiger partial charge in [0.1, 0.15) is 0 Å². The molecule has 0 rings (SSSR count). The molecule has 0 aromatic heterocycles. The van der Waals surface area contributed by atoms with Gasteiger partial charge in [0.25, 0.3) is 0 Å². The molecule has 1 heteroatoms. The first-order valence-electron chi connectivity index (χ1n) is 1.87. The molecule has 0 aromatic carbocycles. The van der Waals surface area contributed by atoms with Crippen molar-refractivity contribution in [2.75, 3.05) is 0 Å². The van der Waals surface area contributed by atoms with Gasteiger partial charge < -0.3 is 0 Å². The molecule has 0 spiro atoms. The van der Waals surface area contributed by atoms with E-state index in [9.17, 15) is 0 Å². The predicted molar refractivity (Wildman–Crippen MR) is 29.4 cm³/mol. The summed E-state index contributed by atoms with van der Waals surface area (Å²) < 4.78 is 0. The van der Waals surface area contributed by atoms with E-state index in [1.807, 2.05) is 0 Å². The molecule has 0 fully saturated rings. The summed E-state index contributed by atoms with van der Waals surface area (Å²) in [5.41, 5.74) is 0. The maximum atomic E-state index is 2.25. The van der Waals surface area contributed by atoms with Crippen LogP contribution in [0.3, 0.4) is 0 Å². The molecule has 0 nitrogen and oxygen atoms in total. The van der Waals surface area contributed by atoms with Crippen molar-refractivity contribution in [2.45, 2.75) is 20.4 Å². The van der Waals surface area contributed by atoms with Gasteiger partial charge in [-0.25, -0.2) is 0 Å². The molecule has 5 heavy (non-hydrogen) atoms. The van der Waals surface area contributed by atoms with Gasteiger partial charge in [-0.2, -0.15) is 0 Å². The summed E-state index contributed by atoms with van der Waals surface area (Å²) >= 11 is 0. The maximum absolute atomic E-state index is 2.25. The fourth-order valence-electron chi connectivity index (χ4n) is 0. The molecule has 0 saturated carbocycles. The molecule has 0 N–H and O–H groups in total. The third kappa shape index (κ3) is 4.09. The van der Waals surface area contributed by atoms with Crippen molar-refractivity contribution >= 4 is 14.3 Å². The van der Waals surface area contributed by atoms with E-state index in [-0.39, 0.29) is 0 Å². The van der Waals surface area contributed by atoms with E-state index < -0.39 is 0 Å². The lowest BCUT2D eigenvalue weighted by atomic mass is 10.6. The van der Waals surface area contributed by atoms with Crippen molar-refractivity contribution < 1.29 is 0 Å². The van der Waals surface area contributed by atoms with Crippen LogP contribution in [0.4, 0.5) is 0 Å². The molecule has 0 atom stereocenters. The Morgan fingerprint density at radius 3 is 1.60 bits per heavy atom. The highest BCUT2D eigenvalue weighted by Gasteiger charge is 1.61. The molecular weight excluding hydrogens is 76.1 g/mol. The molecule has 0 aliphatic heterocycles. The molecule has 0 unspecified atom stereocenters. The summed E-state index contributed by atoms with van der Waals surface area (Å²) in [5, 5.41) is 1.59. The Labute approximate surface area is 35.6 Å². The average molecular weight is 86.2 g/mol. The van der Waals surface area contributed by atoms with Crippen LogP contribution in [0.5, 0.6) is 0 Å². The zero-order valence-electron chi connectivity index (χ0n) is 4.08. The topological polar surface area (TPSA) is 0 Å². The zero-order valence-corrected chi connectivity index (χ0v) is 5.23. The van der Waals surface area contributed by atoms with Crippen LogP contribution in [0.25, 0.3) is 0 Å². The van der Waals surface area contributed by atoms with Crippen LogP contribution < -0.4 is 0 Å². The minimum absolute atomic E-state index is 0.648. The third-order valence-electron chi connectivity index (χ3n) is 0.577. The average Bonchev–Trinajstić information content (AvgIpc) is 1.38. The lowest BCUT2D eigenvalue weighted by Gasteiger charge is -1.73. The van der Waals surface area contributed by atoms with Gasteiger partial charge >= 0.3 is 0 Å². The second kappa shape index (κ2) is 2.33. The van der Waals surface area contributed by atoms with Gasteiger partial charge in [-0.05, 0) is 23.0 Å². The van der Waals surface area contributed by atoms with Gasteiger partial charge in [0.05, 0.1) is 0 Å². The first kappa shape index (κ1) is 5.09. The minimum Gasteiger partial charge on any atom is -0.0989 e. The fourth-order valence-corrected chi connectivity index (χ4v) is 0. The van der Waals surface area contributed by atoms with Crippen LogP contribution in [0.15, 0.2) is 0 Å². The lowest BCUT2D eigenvalue weighted by Crippen LogP contribution is -1.82. The van der Waals surface area contributed by atoms with Crippen LogP contribution in [0.2, 0.25) is 6.55 Å². The Morgan fingerprint density at radius 2 is 1.60 bits per heavy atom. The van der Waals surface area contributed by atoms with E-state index in [1.165, 1.54) is 0 Å². The van der Waals surface area contributed by atoms with E-state index in [1.54, 1.807) is 5.17 Å². The molecule has 0 radical (unpaired) electrons. The molecular formula is C4H10Si. The van der Waals surface area contributed by atoms with Crippen molar-refractivity contribution in [3.63, 3.8) is 0 Å². The molecule has 0 bridgehead atoms. The zero-order chi connectivity index (χ0) is 4.28. The molecule has 0 heterocycles. The van der Waals surface area contributed by atoms with Crippen molar-refractivity contribution in [3.05, 3.63) is 0 Å². The van der Waals surface area contributed by atoms with Gasteiger partial charge in [-0.3, -0.25) is 0 Å². The van der Waals surface area contributed by atoms with Crippen LogP contribution in [0.1, 0.15) is 13.8 Å². The summed E-state index contributed by atoms with van der Waals surface area (Å²) in [6.07, 6.45) is 0. The number of rotatable bonds is 0. The molecule has 0 amide bonds. The largest absolute Gasteiger partial charge is 0.0989 e. The monoisotopic (exact) mass is 86.1 g/mol. The quantitative estimate of drug-likeness (QED) is 0.380. The van der Waals surface area contributed by atoms with Gasteiger partial charge in [0.15, 0.2) is 0 Å². The molecule has 0 aromatic rings. The number of hydrogen-bond donors (Lipinski definition) is 0. The van der Waals surface area contributed by atoms with Crippen LogP contribution in [-0.2, 0) is 0 Å². The van der Waals surface area contributed by atoms with Gasteiger partial charge in [0, 0.05) is 0 Å². The minimum atomic E-state index is 0.648. The summed E-state index contributed by atoms with van der Waals surface area (Å²) in [6.45, 7) is 6.60. The molecule has 0 aliphatic carbocycles. The normalized spacial score (nSPS) is 7.00. The van der Waals surface area contributed by atoms with Crippen LogP contribution >= 0.6 is 0 Å².